The number of rotatable bonds is 2. The van der Waals surface area contributed by atoms with Crippen molar-refractivity contribution in [1.29, 1.82) is 0 Å². The lowest BCUT2D eigenvalue weighted by molar-refractivity contribution is 1.12. The van der Waals surface area contributed by atoms with Crippen LogP contribution in [0, 0.1) is 0 Å². The summed E-state index contributed by atoms with van der Waals surface area (Å²) in [6.45, 7) is 7.64. The third-order valence-corrected chi connectivity index (χ3v) is 2.46. The van der Waals surface area contributed by atoms with Crippen LogP contribution in [0.15, 0.2) is 55.7 Å². The zero-order valence-electron chi connectivity index (χ0n) is 7.53. The first-order valence-electron chi connectivity index (χ1n) is 4.43. The molecule has 0 bridgehead atoms. The topological polar surface area (TPSA) is 0 Å². The smallest absolute Gasteiger partial charge is 0.0211 e. The second-order valence-electron chi connectivity index (χ2n) is 3.17. The monoisotopic (exact) mass is 168 g/mol. The van der Waals surface area contributed by atoms with Crippen LogP contribution in [-0.2, 0) is 0 Å². The van der Waals surface area contributed by atoms with Gasteiger partial charge in [-0.05, 0) is 16.7 Å². The van der Waals surface area contributed by atoms with Crippen molar-refractivity contribution in [2.75, 3.05) is 0 Å². The molecular weight excluding hydrogens is 156 g/mol. The molecule has 0 aromatic heterocycles. The van der Waals surface area contributed by atoms with Crippen molar-refractivity contribution in [3.63, 3.8) is 0 Å². The molecule has 1 aliphatic carbocycles. The Morgan fingerprint density at radius 2 is 1.92 bits per heavy atom. The molecule has 0 fully saturated rings. The molecule has 0 amide bonds. The zero-order valence-corrected chi connectivity index (χ0v) is 7.53. The molecular formula is C13H12. The molecule has 0 heterocycles. The maximum atomic E-state index is 3.83. The van der Waals surface area contributed by atoms with Crippen molar-refractivity contribution in [2.24, 2.45) is 0 Å². The minimum atomic E-state index is 0.365. The van der Waals surface area contributed by atoms with Crippen LogP contribution in [0.4, 0.5) is 0 Å². The summed E-state index contributed by atoms with van der Waals surface area (Å²) in [5.74, 6) is 0.365. The van der Waals surface area contributed by atoms with Gasteiger partial charge in [0.1, 0.15) is 0 Å². The van der Waals surface area contributed by atoms with Gasteiger partial charge in [-0.2, -0.15) is 0 Å². The fraction of sp³-hybridized carbons (Fsp3) is 0.0769. The highest BCUT2D eigenvalue weighted by Crippen LogP contribution is 2.36. The molecule has 0 aliphatic heterocycles. The molecule has 0 heteroatoms. The number of hydrogen-bond donors (Lipinski definition) is 0. The van der Waals surface area contributed by atoms with Gasteiger partial charge in [0.2, 0.25) is 0 Å². The van der Waals surface area contributed by atoms with E-state index in [1.54, 1.807) is 0 Å². The minimum absolute atomic E-state index is 0.365. The van der Waals surface area contributed by atoms with Gasteiger partial charge in [-0.15, -0.1) is 6.58 Å². The summed E-state index contributed by atoms with van der Waals surface area (Å²) in [5.41, 5.74) is 3.86. The van der Waals surface area contributed by atoms with E-state index < -0.39 is 0 Å². The maximum Gasteiger partial charge on any atom is 0.0211 e. The van der Waals surface area contributed by atoms with Gasteiger partial charge >= 0.3 is 0 Å². The van der Waals surface area contributed by atoms with Gasteiger partial charge in [-0.3, -0.25) is 0 Å². The molecule has 13 heavy (non-hydrogen) atoms. The summed E-state index contributed by atoms with van der Waals surface area (Å²) in [4.78, 5) is 0. The SMILES string of the molecule is C=CC1=CC(C=C)c2ccccc21. The van der Waals surface area contributed by atoms with Crippen molar-refractivity contribution in [3.05, 3.63) is 66.8 Å². The first kappa shape index (κ1) is 8.06. The molecule has 0 saturated carbocycles. The van der Waals surface area contributed by atoms with E-state index in [9.17, 15) is 0 Å². The molecule has 64 valence electrons. The Bertz CT molecular complexity index is 383. The molecule has 1 aromatic carbocycles. The van der Waals surface area contributed by atoms with Crippen LogP contribution in [0.5, 0.6) is 0 Å². The van der Waals surface area contributed by atoms with Crippen molar-refractivity contribution in [3.8, 4) is 0 Å². The van der Waals surface area contributed by atoms with Crippen LogP contribution in [0.2, 0.25) is 0 Å². The van der Waals surface area contributed by atoms with E-state index in [-0.39, 0.29) is 0 Å². The molecule has 0 radical (unpaired) electrons. The Kier molecular flexibility index (Phi) is 1.90. The Hall–Kier alpha value is -1.56. The molecule has 0 saturated heterocycles. The van der Waals surface area contributed by atoms with Gasteiger partial charge in [-0.1, -0.05) is 49.1 Å². The van der Waals surface area contributed by atoms with E-state index in [4.69, 9.17) is 0 Å². The van der Waals surface area contributed by atoms with Gasteiger partial charge in [-0.25, -0.2) is 0 Å². The van der Waals surface area contributed by atoms with Gasteiger partial charge in [0, 0.05) is 5.92 Å². The first-order chi connectivity index (χ1) is 6.36. The largest absolute Gasteiger partial charge is 0.102 e. The Balaban J connectivity index is 2.59. The zero-order chi connectivity index (χ0) is 9.26. The molecule has 2 rings (SSSR count). The quantitative estimate of drug-likeness (QED) is 0.592. The lowest BCUT2D eigenvalue weighted by Crippen LogP contribution is -1.86. The summed E-state index contributed by atoms with van der Waals surface area (Å²) in [6, 6.07) is 8.40. The average molecular weight is 168 g/mol. The van der Waals surface area contributed by atoms with Crippen LogP contribution >= 0.6 is 0 Å². The Labute approximate surface area is 78.9 Å². The standard InChI is InChI=1S/C13H12/c1-3-10-9-11(4-2)13-8-6-5-7-12(10)13/h3-10H,1-2H2. The summed E-state index contributed by atoms with van der Waals surface area (Å²) < 4.78 is 0. The predicted octanol–water partition coefficient (Wildman–Crippen LogP) is 3.54. The lowest BCUT2D eigenvalue weighted by Gasteiger charge is -2.03. The van der Waals surface area contributed by atoms with E-state index in [1.807, 2.05) is 12.2 Å². The Morgan fingerprint density at radius 3 is 2.62 bits per heavy atom. The summed E-state index contributed by atoms with van der Waals surface area (Å²) in [6.07, 6.45) is 6.07. The summed E-state index contributed by atoms with van der Waals surface area (Å²) in [5, 5.41) is 0. The van der Waals surface area contributed by atoms with Gasteiger partial charge < -0.3 is 0 Å². The minimum Gasteiger partial charge on any atom is -0.102 e. The van der Waals surface area contributed by atoms with Crippen molar-refractivity contribution < 1.29 is 0 Å². The number of allylic oxidation sites excluding steroid dienone is 4. The van der Waals surface area contributed by atoms with Crippen molar-refractivity contribution in [1.82, 2.24) is 0 Å². The van der Waals surface area contributed by atoms with Crippen LogP contribution < -0.4 is 0 Å². The van der Waals surface area contributed by atoms with E-state index in [2.05, 4.69) is 43.5 Å². The second-order valence-corrected chi connectivity index (χ2v) is 3.17. The van der Waals surface area contributed by atoms with Crippen LogP contribution in [0.3, 0.4) is 0 Å². The highest BCUT2D eigenvalue weighted by atomic mass is 14.2. The fourth-order valence-electron chi connectivity index (χ4n) is 1.80. The maximum absolute atomic E-state index is 3.83. The second kappa shape index (κ2) is 3.06. The number of hydrogen-bond acceptors (Lipinski definition) is 0. The van der Waals surface area contributed by atoms with Crippen LogP contribution in [0.1, 0.15) is 17.0 Å². The van der Waals surface area contributed by atoms with Crippen LogP contribution in [0.25, 0.3) is 5.57 Å². The van der Waals surface area contributed by atoms with Crippen molar-refractivity contribution in [2.45, 2.75) is 5.92 Å². The lowest BCUT2D eigenvalue weighted by atomic mass is 10.0. The van der Waals surface area contributed by atoms with Crippen LogP contribution in [-0.4, -0.2) is 0 Å². The number of fused-ring (bicyclic) bond motifs is 1. The Morgan fingerprint density at radius 1 is 1.15 bits per heavy atom. The van der Waals surface area contributed by atoms with E-state index in [1.165, 1.54) is 16.7 Å². The molecule has 0 spiro atoms. The third kappa shape index (κ3) is 1.15. The molecule has 1 atom stereocenters. The van der Waals surface area contributed by atoms with Crippen molar-refractivity contribution >= 4 is 5.57 Å². The molecule has 1 aliphatic rings. The molecule has 1 unspecified atom stereocenters. The van der Waals surface area contributed by atoms with Gasteiger partial charge in [0.05, 0.1) is 0 Å². The normalized spacial score (nSPS) is 19.1. The molecule has 0 nitrogen and oxygen atoms in total. The molecule has 0 N–H and O–H groups in total. The van der Waals surface area contributed by atoms with Gasteiger partial charge in [0.15, 0.2) is 0 Å². The van der Waals surface area contributed by atoms with Gasteiger partial charge in [0.25, 0.3) is 0 Å². The fourth-order valence-corrected chi connectivity index (χ4v) is 1.80. The molecule has 1 aromatic rings. The van der Waals surface area contributed by atoms with E-state index in [0.29, 0.717) is 5.92 Å². The summed E-state index contributed by atoms with van der Waals surface area (Å²) in [7, 11) is 0. The average Bonchev–Trinajstić information content (AvgIpc) is 2.56. The van der Waals surface area contributed by atoms with E-state index >= 15 is 0 Å². The first-order valence-corrected chi connectivity index (χ1v) is 4.43. The predicted molar refractivity (Wildman–Crippen MR) is 57.6 cm³/mol. The number of benzene rings is 1. The summed E-state index contributed by atoms with van der Waals surface area (Å²) >= 11 is 0. The highest BCUT2D eigenvalue weighted by Gasteiger charge is 2.17. The highest BCUT2D eigenvalue weighted by molar-refractivity contribution is 5.81. The third-order valence-electron chi connectivity index (χ3n) is 2.46. The van der Waals surface area contributed by atoms with E-state index in [0.717, 1.165) is 0 Å².